The van der Waals surface area contributed by atoms with E-state index in [1.165, 1.54) is 12.4 Å². The molecule has 0 fully saturated rings. The molecule has 0 aromatic rings. The Kier molecular flexibility index (Phi) is 5.42. The zero-order valence-corrected chi connectivity index (χ0v) is 6.99. The van der Waals surface area contributed by atoms with Crippen molar-refractivity contribution in [1.29, 1.82) is 0 Å². The molecule has 0 aliphatic heterocycles. The molecule has 5 heteroatoms. The summed E-state index contributed by atoms with van der Waals surface area (Å²) in [5.74, 6) is -0.376. The molecule has 0 amide bonds. The summed E-state index contributed by atoms with van der Waals surface area (Å²) >= 11 is 0. The maximum Gasteiger partial charge on any atom is 0.327 e. The molecule has 0 saturated heterocycles. The lowest BCUT2D eigenvalue weighted by atomic mass is 10.5. The van der Waals surface area contributed by atoms with Crippen molar-refractivity contribution in [3.8, 4) is 0 Å². The van der Waals surface area contributed by atoms with Gasteiger partial charge in [0.2, 0.25) is 0 Å². The number of carbonyl (C=O) groups excluding carboxylic acids is 1. The maximum absolute atomic E-state index is 10.7. The van der Waals surface area contributed by atoms with Crippen molar-refractivity contribution in [3.63, 3.8) is 0 Å². The fourth-order valence-corrected chi connectivity index (χ4v) is 0.475. The summed E-state index contributed by atoms with van der Waals surface area (Å²) in [4.78, 5) is 14.4. The Morgan fingerprint density at radius 2 is 2.33 bits per heavy atom. The van der Waals surface area contributed by atoms with Crippen LogP contribution in [0, 0.1) is 0 Å². The van der Waals surface area contributed by atoms with Crippen LogP contribution in [0.2, 0.25) is 0 Å². The second kappa shape index (κ2) is 6.21. The van der Waals surface area contributed by atoms with Gasteiger partial charge in [0, 0.05) is 12.4 Å². The fraction of sp³-hybridized carbons (Fsp3) is 0.429. The first-order chi connectivity index (χ1) is 5.70. The maximum atomic E-state index is 10.7. The first kappa shape index (κ1) is 10.5. The molecule has 0 aliphatic rings. The molecule has 12 heavy (non-hydrogen) atoms. The summed E-state index contributed by atoms with van der Waals surface area (Å²) in [6, 6.07) is 0. The van der Waals surface area contributed by atoms with Gasteiger partial charge in [-0.15, -0.1) is 0 Å². The minimum atomic E-state index is -0.376. The SMILES string of the molecule is CCOC(=O)CN=CC(N)=CN. The van der Waals surface area contributed by atoms with E-state index in [1.54, 1.807) is 6.92 Å². The number of hydrogen-bond donors (Lipinski definition) is 2. The molecular weight excluding hydrogens is 158 g/mol. The van der Waals surface area contributed by atoms with Crippen LogP contribution in [-0.2, 0) is 9.53 Å². The monoisotopic (exact) mass is 171 g/mol. The molecule has 0 bridgehead atoms. The van der Waals surface area contributed by atoms with E-state index >= 15 is 0 Å². The average Bonchev–Trinajstić information content (AvgIpc) is 2.04. The van der Waals surface area contributed by atoms with E-state index in [1.807, 2.05) is 0 Å². The Balaban J connectivity index is 3.67. The molecule has 5 nitrogen and oxygen atoms in total. The van der Waals surface area contributed by atoms with Gasteiger partial charge in [0.05, 0.1) is 12.3 Å². The van der Waals surface area contributed by atoms with Gasteiger partial charge in [-0.2, -0.15) is 0 Å². The van der Waals surface area contributed by atoms with Gasteiger partial charge in [-0.1, -0.05) is 0 Å². The zero-order chi connectivity index (χ0) is 9.40. The Morgan fingerprint density at radius 3 is 2.83 bits per heavy atom. The van der Waals surface area contributed by atoms with E-state index in [-0.39, 0.29) is 12.5 Å². The first-order valence-corrected chi connectivity index (χ1v) is 3.53. The van der Waals surface area contributed by atoms with Crippen LogP contribution in [0.15, 0.2) is 16.9 Å². The standard InChI is InChI=1S/C7H13N3O2/c1-2-12-7(11)5-10-4-6(9)3-8/h3-4H,2,5,8-9H2,1H3. The number of ether oxygens (including phenoxy) is 1. The topological polar surface area (TPSA) is 90.7 Å². The molecule has 0 spiro atoms. The molecule has 4 N–H and O–H groups in total. The second-order valence-corrected chi connectivity index (χ2v) is 1.94. The number of nitrogens with two attached hydrogens (primary N) is 2. The second-order valence-electron chi connectivity index (χ2n) is 1.94. The summed E-state index contributed by atoms with van der Waals surface area (Å²) in [5, 5.41) is 0. The molecule has 0 aromatic carbocycles. The lowest BCUT2D eigenvalue weighted by Crippen LogP contribution is -2.09. The highest BCUT2D eigenvalue weighted by atomic mass is 16.5. The van der Waals surface area contributed by atoms with Gasteiger partial charge in [-0.25, -0.2) is 0 Å². The molecule has 0 atom stereocenters. The van der Waals surface area contributed by atoms with Crippen LogP contribution in [0.3, 0.4) is 0 Å². The third kappa shape index (κ3) is 5.28. The third-order valence-electron chi connectivity index (χ3n) is 0.959. The number of nitrogens with zero attached hydrogens (tertiary/aromatic N) is 1. The number of rotatable bonds is 4. The van der Waals surface area contributed by atoms with Crippen molar-refractivity contribution in [2.24, 2.45) is 16.5 Å². The van der Waals surface area contributed by atoms with Gasteiger partial charge in [-0.3, -0.25) is 9.79 Å². The van der Waals surface area contributed by atoms with Gasteiger partial charge >= 0.3 is 5.97 Å². The van der Waals surface area contributed by atoms with E-state index in [0.29, 0.717) is 12.3 Å². The highest BCUT2D eigenvalue weighted by Crippen LogP contribution is 1.80. The molecule has 0 heterocycles. The van der Waals surface area contributed by atoms with E-state index in [0.717, 1.165) is 0 Å². The van der Waals surface area contributed by atoms with E-state index in [4.69, 9.17) is 11.5 Å². The smallest absolute Gasteiger partial charge is 0.327 e. The number of carbonyl (C=O) groups is 1. The summed E-state index contributed by atoms with van der Waals surface area (Å²) in [6.07, 6.45) is 2.52. The average molecular weight is 171 g/mol. The van der Waals surface area contributed by atoms with Gasteiger partial charge in [0.15, 0.2) is 0 Å². The van der Waals surface area contributed by atoms with Crippen LogP contribution in [0.5, 0.6) is 0 Å². The lowest BCUT2D eigenvalue weighted by Gasteiger charge is -1.96. The van der Waals surface area contributed by atoms with Gasteiger partial charge in [0.1, 0.15) is 6.54 Å². The molecule has 0 radical (unpaired) electrons. The minimum absolute atomic E-state index is 0.0254. The third-order valence-corrected chi connectivity index (χ3v) is 0.959. The quantitative estimate of drug-likeness (QED) is 0.435. The Bertz CT molecular complexity index is 199. The summed E-state index contributed by atoms with van der Waals surface area (Å²) < 4.78 is 4.61. The highest BCUT2D eigenvalue weighted by Gasteiger charge is 1.96. The first-order valence-electron chi connectivity index (χ1n) is 3.53. The normalized spacial score (nSPS) is 11.9. The predicted molar refractivity (Wildman–Crippen MR) is 46.4 cm³/mol. The number of hydrogen-bond acceptors (Lipinski definition) is 5. The molecule has 0 aliphatic carbocycles. The minimum Gasteiger partial charge on any atom is -0.465 e. The highest BCUT2D eigenvalue weighted by molar-refractivity contribution is 5.80. The van der Waals surface area contributed by atoms with Crippen LogP contribution in [0.25, 0.3) is 0 Å². The molecular formula is C7H13N3O2. The van der Waals surface area contributed by atoms with E-state index in [9.17, 15) is 4.79 Å². The van der Waals surface area contributed by atoms with Crippen molar-refractivity contribution in [2.45, 2.75) is 6.92 Å². The van der Waals surface area contributed by atoms with E-state index in [2.05, 4.69) is 9.73 Å². The molecule has 68 valence electrons. The lowest BCUT2D eigenvalue weighted by molar-refractivity contribution is -0.141. The van der Waals surface area contributed by atoms with Crippen molar-refractivity contribution in [3.05, 3.63) is 11.9 Å². The zero-order valence-electron chi connectivity index (χ0n) is 6.99. The van der Waals surface area contributed by atoms with Crippen LogP contribution < -0.4 is 11.5 Å². The Labute approximate surface area is 71.1 Å². The van der Waals surface area contributed by atoms with Crippen molar-refractivity contribution >= 4 is 12.2 Å². The van der Waals surface area contributed by atoms with Gasteiger partial charge < -0.3 is 16.2 Å². The van der Waals surface area contributed by atoms with Crippen LogP contribution in [-0.4, -0.2) is 25.3 Å². The van der Waals surface area contributed by atoms with Gasteiger partial charge in [0.25, 0.3) is 0 Å². The van der Waals surface area contributed by atoms with Crippen molar-refractivity contribution in [1.82, 2.24) is 0 Å². The number of aliphatic imine (C=N–C) groups is 1. The fourth-order valence-electron chi connectivity index (χ4n) is 0.475. The summed E-state index contributed by atoms with van der Waals surface area (Å²) in [7, 11) is 0. The van der Waals surface area contributed by atoms with Crippen LogP contribution in [0.4, 0.5) is 0 Å². The Morgan fingerprint density at radius 1 is 1.67 bits per heavy atom. The van der Waals surface area contributed by atoms with Crippen LogP contribution in [0.1, 0.15) is 6.92 Å². The largest absolute Gasteiger partial charge is 0.465 e. The van der Waals surface area contributed by atoms with Crippen molar-refractivity contribution < 1.29 is 9.53 Å². The number of esters is 1. The molecule has 0 unspecified atom stereocenters. The summed E-state index contributed by atoms with van der Waals surface area (Å²) in [6.45, 7) is 2.06. The molecule has 0 saturated carbocycles. The summed E-state index contributed by atoms with van der Waals surface area (Å²) in [5.41, 5.74) is 10.6. The van der Waals surface area contributed by atoms with Crippen molar-refractivity contribution in [2.75, 3.05) is 13.2 Å². The van der Waals surface area contributed by atoms with Gasteiger partial charge in [-0.05, 0) is 6.92 Å². The predicted octanol–water partition coefficient (Wildman–Crippen LogP) is -0.621. The number of allylic oxidation sites excluding steroid dienone is 1. The van der Waals surface area contributed by atoms with Crippen LogP contribution >= 0.6 is 0 Å². The molecule has 0 rings (SSSR count). The van der Waals surface area contributed by atoms with E-state index < -0.39 is 0 Å². The Hall–Kier alpha value is -1.52. The molecule has 0 aromatic heterocycles.